The molecule has 102 valence electrons. The highest BCUT2D eigenvalue weighted by molar-refractivity contribution is 7.10. The van der Waals surface area contributed by atoms with Crippen LogP contribution in [-0.4, -0.2) is 7.11 Å². The van der Waals surface area contributed by atoms with Crippen LogP contribution in [0, 0.1) is 0 Å². The van der Waals surface area contributed by atoms with E-state index in [-0.39, 0.29) is 0 Å². The van der Waals surface area contributed by atoms with Crippen LogP contribution in [0.4, 0.5) is 0 Å². The molecule has 1 aromatic heterocycles. The van der Waals surface area contributed by atoms with Gasteiger partial charge in [-0.15, -0.1) is 11.3 Å². The number of hydrogen-bond acceptors (Lipinski definition) is 3. The zero-order valence-corrected chi connectivity index (χ0v) is 12.5. The number of hydrogen-bond donors (Lipinski definition) is 1. The van der Waals surface area contributed by atoms with Gasteiger partial charge in [0.1, 0.15) is 5.75 Å². The van der Waals surface area contributed by atoms with Gasteiger partial charge in [-0.2, -0.15) is 0 Å². The van der Waals surface area contributed by atoms with E-state index in [1.165, 1.54) is 10.4 Å². The smallest absolute Gasteiger partial charge is 0.118 e. The summed E-state index contributed by atoms with van der Waals surface area (Å²) < 4.78 is 5.20. The molecule has 0 aliphatic rings. The Bertz CT molecular complexity index is 478. The van der Waals surface area contributed by atoms with E-state index in [2.05, 4.69) is 48.8 Å². The Kier molecular flexibility index (Phi) is 5.00. The number of thiophene rings is 1. The Labute approximate surface area is 119 Å². The van der Waals surface area contributed by atoms with Crippen LogP contribution in [0.5, 0.6) is 5.75 Å². The molecule has 19 heavy (non-hydrogen) atoms. The Morgan fingerprint density at radius 2 is 1.95 bits per heavy atom. The summed E-state index contributed by atoms with van der Waals surface area (Å²) in [5.74, 6) is 0.907. The van der Waals surface area contributed by atoms with E-state index in [1.807, 2.05) is 12.1 Å². The predicted molar refractivity (Wildman–Crippen MR) is 81.9 cm³/mol. The summed E-state index contributed by atoms with van der Waals surface area (Å²) in [6.07, 6.45) is 1.07. The van der Waals surface area contributed by atoms with Crippen molar-refractivity contribution in [3.63, 3.8) is 0 Å². The maximum absolute atomic E-state index is 5.20. The molecule has 1 unspecified atom stereocenters. The van der Waals surface area contributed by atoms with Gasteiger partial charge < -0.3 is 10.1 Å². The average Bonchev–Trinajstić information content (AvgIpc) is 2.99. The predicted octanol–water partition coefficient (Wildman–Crippen LogP) is 4.56. The zero-order valence-electron chi connectivity index (χ0n) is 11.7. The van der Waals surface area contributed by atoms with Crippen molar-refractivity contribution in [2.75, 3.05) is 7.11 Å². The molecule has 2 nitrogen and oxygen atoms in total. The molecular weight excluding hydrogens is 254 g/mol. The van der Waals surface area contributed by atoms with Gasteiger partial charge in [0.2, 0.25) is 0 Å². The van der Waals surface area contributed by atoms with Crippen molar-refractivity contribution in [1.29, 1.82) is 0 Å². The van der Waals surface area contributed by atoms with E-state index in [0.29, 0.717) is 12.1 Å². The zero-order chi connectivity index (χ0) is 13.7. The van der Waals surface area contributed by atoms with Crippen molar-refractivity contribution >= 4 is 11.3 Å². The summed E-state index contributed by atoms with van der Waals surface area (Å²) >= 11 is 1.80. The third-order valence-corrected chi connectivity index (χ3v) is 4.40. The third-order valence-electron chi connectivity index (χ3n) is 3.35. The van der Waals surface area contributed by atoms with Gasteiger partial charge in [0, 0.05) is 17.0 Å². The monoisotopic (exact) mass is 275 g/mol. The fourth-order valence-corrected chi connectivity index (χ4v) is 2.95. The molecule has 0 spiro atoms. The van der Waals surface area contributed by atoms with Gasteiger partial charge in [-0.25, -0.2) is 0 Å². The molecule has 1 aromatic carbocycles. The molecule has 0 amide bonds. The second kappa shape index (κ2) is 6.73. The summed E-state index contributed by atoms with van der Waals surface area (Å²) in [7, 11) is 1.70. The lowest BCUT2D eigenvalue weighted by molar-refractivity contribution is 0.413. The average molecular weight is 275 g/mol. The first-order chi connectivity index (χ1) is 9.24. The number of nitrogens with one attached hydrogen (secondary N) is 1. The lowest BCUT2D eigenvalue weighted by Gasteiger charge is -2.22. The highest BCUT2D eigenvalue weighted by Crippen LogP contribution is 2.25. The molecule has 0 fully saturated rings. The molecule has 1 heterocycles. The maximum Gasteiger partial charge on any atom is 0.118 e. The first-order valence-corrected chi connectivity index (χ1v) is 7.56. The standard InChI is InChI=1S/C16H21NOS/c1-4-15(13-7-9-14(18-3)10-8-13)17-12(2)16-6-5-11-19-16/h5-12,15,17H,4H2,1-3H3/t12-,15?/m0/s1. The van der Waals surface area contributed by atoms with E-state index in [0.717, 1.165) is 12.2 Å². The van der Waals surface area contributed by atoms with Gasteiger partial charge >= 0.3 is 0 Å². The number of rotatable bonds is 6. The molecule has 0 aliphatic heterocycles. The fourth-order valence-electron chi connectivity index (χ4n) is 2.21. The van der Waals surface area contributed by atoms with Crippen LogP contribution in [0.3, 0.4) is 0 Å². The molecule has 2 atom stereocenters. The van der Waals surface area contributed by atoms with Crippen LogP contribution in [0.25, 0.3) is 0 Å². The quantitative estimate of drug-likeness (QED) is 0.834. The van der Waals surface area contributed by atoms with E-state index in [9.17, 15) is 0 Å². The van der Waals surface area contributed by atoms with Crippen LogP contribution in [-0.2, 0) is 0 Å². The van der Waals surface area contributed by atoms with Crippen molar-refractivity contribution < 1.29 is 4.74 Å². The first-order valence-electron chi connectivity index (χ1n) is 6.68. The minimum absolute atomic E-state index is 0.378. The molecule has 3 heteroatoms. The topological polar surface area (TPSA) is 21.3 Å². The number of methoxy groups -OCH3 is 1. The van der Waals surface area contributed by atoms with Crippen LogP contribution in [0.2, 0.25) is 0 Å². The summed E-state index contributed by atoms with van der Waals surface area (Å²) in [4.78, 5) is 1.38. The van der Waals surface area contributed by atoms with Crippen LogP contribution < -0.4 is 10.1 Å². The number of ether oxygens (including phenoxy) is 1. The van der Waals surface area contributed by atoms with Crippen LogP contribution >= 0.6 is 11.3 Å². The first kappa shape index (κ1) is 14.1. The Morgan fingerprint density at radius 1 is 1.21 bits per heavy atom. The van der Waals surface area contributed by atoms with Crippen molar-refractivity contribution in [2.45, 2.75) is 32.4 Å². The largest absolute Gasteiger partial charge is 0.497 e. The van der Waals surface area contributed by atoms with Crippen molar-refractivity contribution in [3.8, 4) is 5.75 Å². The van der Waals surface area contributed by atoms with Gasteiger partial charge in [0.05, 0.1) is 7.11 Å². The van der Waals surface area contributed by atoms with Crippen LogP contribution in [0.1, 0.15) is 42.8 Å². The Balaban J connectivity index is 2.06. The van der Waals surface area contributed by atoms with Crippen LogP contribution in [0.15, 0.2) is 41.8 Å². The minimum Gasteiger partial charge on any atom is -0.497 e. The van der Waals surface area contributed by atoms with E-state index in [4.69, 9.17) is 4.74 Å². The molecule has 0 aliphatic carbocycles. The second-order valence-corrected chi connectivity index (χ2v) is 5.62. The third kappa shape index (κ3) is 3.58. The number of benzene rings is 1. The lowest BCUT2D eigenvalue weighted by atomic mass is 10.0. The van der Waals surface area contributed by atoms with E-state index >= 15 is 0 Å². The second-order valence-electron chi connectivity index (χ2n) is 4.64. The molecule has 1 N–H and O–H groups in total. The van der Waals surface area contributed by atoms with E-state index in [1.54, 1.807) is 18.4 Å². The summed E-state index contributed by atoms with van der Waals surface area (Å²) in [5, 5.41) is 5.82. The molecule has 0 saturated carbocycles. The highest BCUT2D eigenvalue weighted by atomic mass is 32.1. The van der Waals surface area contributed by atoms with Crippen molar-refractivity contribution in [1.82, 2.24) is 5.32 Å². The fraction of sp³-hybridized carbons (Fsp3) is 0.375. The molecule has 2 aromatic rings. The van der Waals surface area contributed by atoms with Crippen molar-refractivity contribution in [3.05, 3.63) is 52.2 Å². The van der Waals surface area contributed by atoms with Gasteiger partial charge in [0.25, 0.3) is 0 Å². The van der Waals surface area contributed by atoms with Gasteiger partial charge in [-0.3, -0.25) is 0 Å². The Hall–Kier alpha value is -1.32. The normalized spacial score (nSPS) is 14.1. The van der Waals surface area contributed by atoms with Gasteiger partial charge in [0.15, 0.2) is 0 Å². The SMILES string of the molecule is CCC(N[C@@H](C)c1cccs1)c1ccc(OC)cc1. The molecular formula is C16H21NOS. The Morgan fingerprint density at radius 3 is 2.47 bits per heavy atom. The summed E-state index contributed by atoms with van der Waals surface area (Å²) in [6.45, 7) is 4.43. The maximum atomic E-state index is 5.20. The van der Waals surface area contributed by atoms with E-state index < -0.39 is 0 Å². The molecule has 2 rings (SSSR count). The van der Waals surface area contributed by atoms with Gasteiger partial charge in [-0.05, 0) is 42.5 Å². The van der Waals surface area contributed by atoms with Gasteiger partial charge in [-0.1, -0.05) is 25.1 Å². The highest BCUT2D eigenvalue weighted by Gasteiger charge is 2.14. The molecule has 0 bridgehead atoms. The minimum atomic E-state index is 0.378. The molecule has 0 radical (unpaired) electrons. The summed E-state index contributed by atoms with van der Waals surface area (Å²) in [6, 6.07) is 13.4. The van der Waals surface area contributed by atoms with Crippen molar-refractivity contribution in [2.24, 2.45) is 0 Å². The molecule has 0 saturated heterocycles. The lowest BCUT2D eigenvalue weighted by Crippen LogP contribution is -2.23. The summed E-state index contributed by atoms with van der Waals surface area (Å²) in [5.41, 5.74) is 1.31.